The molecule has 1 fully saturated rings. The smallest absolute Gasteiger partial charge is 0.0630 e. The number of hydrogen-bond acceptors (Lipinski definition) is 0. The first-order chi connectivity index (χ1) is 2.39. The van der Waals surface area contributed by atoms with Crippen LogP contribution in [0.15, 0.2) is 0 Å². The molecule has 0 amide bonds. The third-order valence-electron chi connectivity index (χ3n) is 0.792. The monoisotopic (exact) mass is 60.1 g/mol. The zero-order valence-corrected chi connectivity index (χ0v) is 3.02. The predicted octanol–water partition coefficient (Wildman–Crippen LogP) is -0.344. The van der Waals surface area contributed by atoms with Gasteiger partial charge in [-0.05, 0) is 0 Å². The topological polar surface area (TPSA) is 0 Å². The molecule has 3 heteroatoms. The molecule has 1 aliphatic heterocycles. The van der Waals surface area contributed by atoms with Crippen molar-refractivity contribution in [3.63, 3.8) is 0 Å². The van der Waals surface area contributed by atoms with Crippen molar-refractivity contribution in [2.24, 2.45) is 0 Å². The fourth-order valence-corrected chi connectivity index (χ4v) is 0.293. The minimum atomic E-state index is 0.384. The molecule has 0 N–H and O–H groups in total. The van der Waals surface area contributed by atoms with Gasteiger partial charge in [0.1, 0.15) is 0 Å². The minimum Gasteiger partial charge on any atom is -0.117 e. The highest BCUT2D eigenvalue weighted by atomic mass is 13.7. The standard InChI is InChI=1S/C2H3B3/c3-2-1-4-5-2/h2H,1H2. The molecule has 1 aliphatic rings. The SMILES string of the molecule is [B]C1[B][B]C1. The summed E-state index contributed by atoms with van der Waals surface area (Å²) in [6.07, 6.45) is 1.08. The van der Waals surface area contributed by atoms with Gasteiger partial charge in [0, 0.05) is 0 Å². The van der Waals surface area contributed by atoms with Gasteiger partial charge in [0.2, 0.25) is 0 Å². The van der Waals surface area contributed by atoms with E-state index < -0.39 is 0 Å². The van der Waals surface area contributed by atoms with E-state index in [1.807, 2.05) is 7.17 Å². The van der Waals surface area contributed by atoms with E-state index in [9.17, 15) is 0 Å². The summed E-state index contributed by atoms with van der Waals surface area (Å²) in [4.78, 5) is 0. The Balaban J connectivity index is 2.08. The highest BCUT2D eigenvalue weighted by Gasteiger charge is 2.11. The Morgan fingerprint density at radius 2 is 2.20 bits per heavy atom. The van der Waals surface area contributed by atoms with Crippen molar-refractivity contribution in [2.75, 3.05) is 0 Å². The van der Waals surface area contributed by atoms with Crippen LogP contribution in [0.5, 0.6) is 0 Å². The van der Waals surface area contributed by atoms with Crippen molar-refractivity contribution in [1.29, 1.82) is 0 Å². The fourth-order valence-electron chi connectivity index (χ4n) is 0.293. The molecule has 0 aromatic heterocycles. The summed E-state index contributed by atoms with van der Waals surface area (Å²) < 4.78 is 0. The Morgan fingerprint density at radius 1 is 1.80 bits per heavy atom. The van der Waals surface area contributed by atoms with Gasteiger partial charge in [0.05, 0.1) is 22.2 Å². The molecule has 1 rings (SSSR count). The second-order valence-electron chi connectivity index (χ2n) is 1.33. The summed E-state index contributed by atoms with van der Waals surface area (Å²) in [6.45, 7) is 0. The van der Waals surface area contributed by atoms with E-state index in [1.54, 1.807) is 0 Å². The molecule has 1 heterocycles. The molecule has 0 aromatic carbocycles. The van der Waals surface area contributed by atoms with E-state index in [1.165, 1.54) is 0 Å². The van der Waals surface area contributed by atoms with Gasteiger partial charge in [-0.2, -0.15) is 0 Å². The summed E-state index contributed by atoms with van der Waals surface area (Å²) in [5.41, 5.74) is 0.384. The van der Waals surface area contributed by atoms with Crippen molar-refractivity contribution >= 4 is 22.2 Å². The van der Waals surface area contributed by atoms with E-state index >= 15 is 0 Å². The summed E-state index contributed by atoms with van der Waals surface area (Å²) >= 11 is 0. The molecule has 4 radical (unpaired) electrons. The lowest BCUT2D eigenvalue weighted by atomic mass is 9.16. The molecule has 5 heavy (non-hydrogen) atoms. The molecule has 0 nitrogen and oxygen atoms in total. The van der Waals surface area contributed by atoms with E-state index in [2.05, 4.69) is 7.17 Å². The highest BCUT2D eigenvalue weighted by Crippen LogP contribution is 2.11. The van der Waals surface area contributed by atoms with Gasteiger partial charge in [-0.25, -0.2) is 0 Å². The average Bonchev–Trinajstić information content (AvgIpc) is 1.30. The van der Waals surface area contributed by atoms with E-state index in [4.69, 9.17) is 7.85 Å². The van der Waals surface area contributed by atoms with E-state index in [0.717, 1.165) is 6.32 Å². The lowest BCUT2D eigenvalue weighted by molar-refractivity contribution is 1.29. The first-order valence-electron chi connectivity index (χ1n) is 1.82. The van der Waals surface area contributed by atoms with Crippen LogP contribution >= 0.6 is 0 Å². The van der Waals surface area contributed by atoms with Crippen LogP contribution in [0, 0.1) is 0 Å². The molecular formula is C2H3B3. The van der Waals surface area contributed by atoms with Crippen LogP contribution < -0.4 is 0 Å². The maximum atomic E-state index is 5.29. The lowest BCUT2D eigenvalue weighted by Gasteiger charge is -2.17. The summed E-state index contributed by atoms with van der Waals surface area (Å²) in [5.74, 6) is 0. The second-order valence-corrected chi connectivity index (χ2v) is 1.33. The Kier molecular flexibility index (Phi) is 0.756. The van der Waals surface area contributed by atoms with Crippen molar-refractivity contribution in [2.45, 2.75) is 12.0 Å². The molecule has 0 spiro atoms. The first-order valence-corrected chi connectivity index (χ1v) is 1.82. The van der Waals surface area contributed by atoms with Gasteiger partial charge in [0.15, 0.2) is 0 Å². The molecule has 0 bridgehead atoms. The van der Waals surface area contributed by atoms with Gasteiger partial charge < -0.3 is 0 Å². The van der Waals surface area contributed by atoms with Gasteiger partial charge >= 0.3 is 0 Å². The zero-order chi connectivity index (χ0) is 3.70. The van der Waals surface area contributed by atoms with Crippen LogP contribution in [-0.2, 0) is 0 Å². The molecule has 1 unspecified atom stereocenters. The van der Waals surface area contributed by atoms with Crippen LogP contribution in [0.3, 0.4) is 0 Å². The van der Waals surface area contributed by atoms with Crippen LogP contribution in [-0.4, -0.2) is 22.2 Å². The molecular weight excluding hydrogens is 56.5 g/mol. The van der Waals surface area contributed by atoms with Crippen molar-refractivity contribution in [3.05, 3.63) is 0 Å². The average molecular weight is 59.5 g/mol. The Bertz CT molecular complexity index is 31.9. The third kappa shape index (κ3) is 0.527. The Hall–Kier alpha value is 0.195. The van der Waals surface area contributed by atoms with Crippen molar-refractivity contribution in [3.8, 4) is 0 Å². The molecule has 1 saturated heterocycles. The summed E-state index contributed by atoms with van der Waals surface area (Å²) in [7, 11) is 9.37. The van der Waals surface area contributed by atoms with Crippen molar-refractivity contribution in [1.82, 2.24) is 0 Å². The van der Waals surface area contributed by atoms with Crippen LogP contribution in [0.2, 0.25) is 12.0 Å². The van der Waals surface area contributed by atoms with Crippen LogP contribution in [0.1, 0.15) is 0 Å². The highest BCUT2D eigenvalue weighted by molar-refractivity contribution is 7.09. The lowest BCUT2D eigenvalue weighted by Crippen LogP contribution is -2.24. The van der Waals surface area contributed by atoms with Crippen molar-refractivity contribution < 1.29 is 0 Å². The summed E-state index contributed by atoms with van der Waals surface area (Å²) in [6, 6.07) is 0. The number of hydrogen-bond donors (Lipinski definition) is 0. The van der Waals surface area contributed by atoms with Gasteiger partial charge in [-0.3, -0.25) is 0 Å². The molecule has 0 aromatic rings. The first kappa shape index (κ1) is 3.39. The third-order valence-corrected chi connectivity index (χ3v) is 0.792. The molecule has 20 valence electrons. The summed E-state index contributed by atoms with van der Waals surface area (Å²) in [5, 5.41) is 0. The van der Waals surface area contributed by atoms with Gasteiger partial charge in [0.25, 0.3) is 0 Å². The molecule has 1 atom stereocenters. The number of rotatable bonds is 0. The molecule has 0 saturated carbocycles. The van der Waals surface area contributed by atoms with Gasteiger partial charge in [-0.15, -0.1) is 12.0 Å². The minimum absolute atomic E-state index is 0.384. The largest absolute Gasteiger partial charge is 0.117 e. The fraction of sp³-hybridized carbons (Fsp3) is 1.00. The Labute approximate surface area is 35.2 Å². The predicted molar refractivity (Wildman–Crippen MR) is 25.8 cm³/mol. The van der Waals surface area contributed by atoms with Gasteiger partial charge in [-0.1, -0.05) is 0 Å². The second kappa shape index (κ2) is 1.12. The van der Waals surface area contributed by atoms with Crippen LogP contribution in [0.25, 0.3) is 0 Å². The maximum absolute atomic E-state index is 5.29. The normalized spacial score (nSPS) is 33.2. The maximum Gasteiger partial charge on any atom is 0.0630 e. The van der Waals surface area contributed by atoms with Crippen LogP contribution in [0.4, 0.5) is 0 Å². The Morgan fingerprint density at radius 3 is 2.20 bits per heavy atom. The van der Waals surface area contributed by atoms with E-state index in [0.29, 0.717) is 5.72 Å². The quantitative estimate of drug-likeness (QED) is 0.335. The molecule has 0 aliphatic carbocycles. The zero-order valence-electron chi connectivity index (χ0n) is 3.02. The van der Waals surface area contributed by atoms with E-state index in [-0.39, 0.29) is 0 Å².